The lowest BCUT2D eigenvalue weighted by molar-refractivity contribution is -0.0933. The third kappa shape index (κ3) is 4.38. The molecule has 0 bridgehead atoms. The van der Waals surface area contributed by atoms with E-state index in [2.05, 4.69) is 49.0 Å². The highest BCUT2D eigenvalue weighted by Crippen LogP contribution is 2.26. The van der Waals surface area contributed by atoms with Crippen molar-refractivity contribution in [1.82, 2.24) is 19.9 Å². The molecule has 6 nitrogen and oxygen atoms in total. The van der Waals surface area contributed by atoms with Crippen molar-refractivity contribution in [3.8, 4) is 11.4 Å². The van der Waals surface area contributed by atoms with Crippen LogP contribution in [-0.2, 0) is 4.74 Å². The van der Waals surface area contributed by atoms with Crippen molar-refractivity contribution < 1.29 is 4.74 Å². The third-order valence-electron chi connectivity index (χ3n) is 5.49. The molecule has 2 atom stereocenters. The van der Waals surface area contributed by atoms with Gasteiger partial charge in [0.25, 0.3) is 0 Å². The fourth-order valence-corrected chi connectivity index (χ4v) is 3.92. The SMILES string of the molecule is CC1CN(C(C)(C)CNc2nc(-c3cccnc3)nc3ccccc23)CC(C)O1. The van der Waals surface area contributed by atoms with Crippen molar-refractivity contribution >= 4 is 16.7 Å². The van der Waals surface area contributed by atoms with Crippen molar-refractivity contribution in [3.63, 3.8) is 0 Å². The molecule has 29 heavy (non-hydrogen) atoms. The number of fused-ring (bicyclic) bond motifs is 1. The number of morpholine rings is 1. The molecule has 3 aromatic rings. The van der Waals surface area contributed by atoms with Crippen molar-refractivity contribution in [2.24, 2.45) is 0 Å². The first-order valence-corrected chi connectivity index (χ1v) is 10.2. The van der Waals surface area contributed by atoms with Gasteiger partial charge in [-0.25, -0.2) is 9.97 Å². The maximum Gasteiger partial charge on any atom is 0.163 e. The summed E-state index contributed by atoms with van der Waals surface area (Å²) in [5.74, 6) is 1.54. The van der Waals surface area contributed by atoms with Gasteiger partial charge in [0, 0.05) is 48.5 Å². The molecule has 1 aliphatic rings. The van der Waals surface area contributed by atoms with E-state index in [-0.39, 0.29) is 17.7 Å². The number of hydrogen-bond acceptors (Lipinski definition) is 6. The fourth-order valence-electron chi connectivity index (χ4n) is 3.92. The van der Waals surface area contributed by atoms with Crippen molar-refractivity contribution in [1.29, 1.82) is 0 Å². The maximum atomic E-state index is 5.91. The average molecular weight is 392 g/mol. The Morgan fingerprint density at radius 1 is 1.07 bits per heavy atom. The molecule has 0 saturated carbocycles. The van der Waals surface area contributed by atoms with Crippen LogP contribution < -0.4 is 5.32 Å². The first-order chi connectivity index (χ1) is 13.9. The van der Waals surface area contributed by atoms with Crippen LogP contribution in [-0.4, -0.2) is 57.2 Å². The molecule has 0 spiro atoms. The first-order valence-electron chi connectivity index (χ1n) is 10.2. The zero-order valence-corrected chi connectivity index (χ0v) is 17.6. The largest absolute Gasteiger partial charge is 0.373 e. The van der Waals surface area contributed by atoms with E-state index >= 15 is 0 Å². The Hall–Kier alpha value is -2.57. The third-order valence-corrected chi connectivity index (χ3v) is 5.49. The monoisotopic (exact) mass is 391 g/mol. The molecule has 152 valence electrons. The van der Waals surface area contributed by atoms with Gasteiger partial charge in [0.05, 0.1) is 17.7 Å². The summed E-state index contributed by atoms with van der Waals surface area (Å²) in [5.41, 5.74) is 1.80. The van der Waals surface area contributed by atoms with Gasteiger partial charge in [-0.05, 0) is 52.0 Å². The topological polar surface area (TPSA) is 63.2 Å². The average Bonchev–Trinajstić information content (AvgIpc) is 2.72. The highest BCUT2D eigenvalue weighted by atomic mass is 16.5. The van der Waals surface area contributed by atoms with Gasteiger partial charge >= 0.3 is 0 Å². The van der Waals surface area contributed by atoms with Crippen LogP contribution in [0.1, 0.15) is 27.7 Å². The van der Waals surface area contributed by atoms with Gasteiger partial charge in [-0.2, -0.15) is 0 Å². The summed E-state index contributed by atoms with van der Waals surface area (Å²) in [7, 11) is 0. The molecule has 0 radical (unpaired) electrons. The van der Waals surface area contributed by atoms with Crippen LogP contribution in [0.2, 0.25) is 0 Å². The van der Waals surface area contributed by atoms with Crippen LogP contribution in [0.3, 0.4) is 0 Å². The molecular weight excluding hydrogens is 362 g/mol. The van der Waals surface area contributed by atoms with E-state index in [0.717, 1.165) is 41.9 Å². The van der Waals surface area contributed by atoms with E-state index < -0.39 is 0 Å². The molecule has 1 aliphatic heterocycles. The van der Waals surface area contributed by atoms with Crippen LogP contribution in [0.15, 0.2) is 48.8 Å². The summed E-state index contributed by atoms with van der Waals surface area (Å²) < 4.78 is 5.91. The Balaban J connectivity index is 1.61. The molecule has 1 saturated heterocycles. The molecule has 2 unspecified atom stereocenters. The fraction of sp³-hybridized carbons (Fsp3) is 0.435. The van der Waals surface area contributed by atoms with E-state index in [4.69, 9.17) is 14.7 Å². The molecule has 1 N–H and O–H groups in total. The number of nitrogens with one attached hydrogen (secondary N) is 1. The predicted molar refractivity (Wildman–Crippen MR) is 117 cm³/mol. The van der Waals surface area contributed by atoms with Crippen LogP contribution in [0.5, 0.6) is 0 Å². The summed E-state index contributed by atoms with van der Waals surface area (Å²) in [6.45, 7) is 11.5. The van der Waals surface area contributed by atoms with Crippen LogP contribution in [0.25, 0.3) is 22.3 Å². The molecular formula is C23H29N5O. The Labute approximate surface area is 172 Å². The Kier molecular flexibility index (Phi) is 5.48. The number of nitrogens with zero attached hydrogens (tertiary/aromatic N) is 4. The van der Waals surface area contributed by atoms with Gasteiger partial charge in [0.1, 0.15) is 5.82 Å². The first kappa shape index (κ1) is 19.7. The van der Waals surface area contributed by atoms with E-state index in [0.29, 0.717) is 5.82 Å². The summed E-state index contributed by atoms with van der Waals surface area (Å²) in [5, 5.41) is 4.64. The highest BCUT2D eigenvalue weighted by Gasteiger charge is 2.33. The number of anilines is 1. The van der Waals surface area contributed by atoms with Gasteiger partial charge in [0.2, 0.25) is 0 Å². The number of para-hydroxylation sites is 1. The molecule has 0 aliphatic carbocycles. The molecule has 3 heterocycles. The summed E-state index contributed by atoms with van der Waals surface area (Å²) >= 11 is 0. The van der Waals surface area contributed by atoms with E-state index in [9.17, 15) is 0 Å². The van der Waals surface area contributed by atoms with Crippen LogP contribution in [0.4, 0.5) is 5.82 Å². The molecule has 0 amide bonds. The number of aromatic nitrogens is 3. The second-order valence-corrected chi connectivity index (χ2v) is 8.48. The zero-order valence-electron chi connectivity index (χ0n) is 17.6. The normalized spacial score (nSPS) is 20.7. The second kappa shape index (κ2) is 8.05. The second-order valence-electron chi connectivity index (χ2n) is 8.48. The Morgan fingerprint density at radius 3 is 2.55 bits per heavy atom. The minimum Gasteiger partial charge on any atom is -0.373 e. The summed E-state index contributed by atoms with van der Waals surface area (Å²) in [6, 6.07) is 12.0. The standard InChI is InChI=1S/C23H29N5O/c1-16-13-28(14-17(2)29-16)23(3,4)15-25-22-19-9-5-6-10-20(19)26-21(27-22)18-8-7-11-24-12-18/h5-12,16-17H,13-15H2,1-4H3,(H,25,26,27). The van der Waals surface area contributed by atoms with E-state index in [1.54, 1.807) is 12.4 Å². The maximum absolute atomic E-state index is 5.91. The number of pyridine rings is 1. The van der Waals surface area contributed by atoms with Crippen LogP contribution in [0, 0.1) is 0 Å². The van der Waals surface area contributed by atoms with Crippen molar-refractivity contribution in [2.45, 2.75) is 45.4 Å². The molecule has 6 heteroatoms. The molecule has 2 aromatic heterocycles. The molecule has 4 rings (SSSR count). The van der Waals surface area contributed by atoms with Gasteiger partial charge in [0.15, 0.2) is 5.82 Å². The molecule has 1 fully saturated rings. The van der Waals surface area contributed by atoms with E-state index in [1.165, 1.54) is 0 Å². The number of benzene rings is 1. The van der Waals surface area contributed by atoms with E-state index in [1.807, 2.05) is 30.3 Å². The lowest BCUT2D eigenvalue weighted by Gasteiger charge is -2.45. The smallest absolute Gasteiger partial charge is 0.163 e. The zero-order chi connectivity index (χ0) is 20.4. The van der Waals surface area contributed by atoms with Gasteiger partial charge in [-0.15, -0.1) is 0 Å². The van der Waals surface area contributed by atoms with Crippen molar-refractivity contribution in [3.05, 3.63) is 48.8 Å². The quantitative estimate of drug-likeness (QED) is 0.709. The van der Waals surface area contributed by atoms with Gasteiger partial charge in [-0.3, -0.25) is 9.88 Å². The molecule has 1 aromatic carbocycles. The highest BCUT2D eigenvalue weighted by molar-refractivity contribution is 5.90. The van der Waals surface area contributed by atoms with Crippen LogP contribution >= 0.6 is 0 Å². The number of rotatable bonds is 5. The minimum absolute atomic E-state index is 0.0349. The lowest BCUT2D eigenvalue weighted by atomic mass is 10.00. The van der Waals surface area contributed by atoms with Gasteiger partial charge in [-0.1, -0.05) is 12.1 Å². The number of ether oxygens (including phenoxy) is 1. The Bertz CT molecular complexity index is 965. The lowest BCUT2D eigenvalue weighted by Crippen LogP contribution is -2.57. The summed E-state index contributed by atoms with van der Waals surface area (Å²) in [6.07, 6.45) is 4.05. The number of hydrogen-bond donors (Lipinski definition) is 1. The van der Waals surface area contributed by atoms with Gasteiger partial charge < -0.3 is 10.1 Å². The Morgan fingerprint density at radius 2 is 1.83 bits per heavy atom. The predicted octanol–water partition coefficient (Wildman–Crippen LogP) is 3.99. The summed E-state index contributed by atoms with van der Waals surface area (Å²) in [4.78, 5) is 16.3. The van der Waals surface area contributed by atoms with Crippen molar-refractivity contribution in [2.75, 3.05) is 25.0 Å². The minimum atomic E-state index is -0.0349.